The molecule has 0 aliphatic heterocycles. The minimum Gasteiger partial charge on any atom is -0.437 e. The van der Waals surface area contributed by atoms with Crippen LogP contribution in [0.4, 0.5) is 13.2 Å². The molecular weight excluding hydrogens is 159 g/mol. The van der Waals surface area contributed by atoms with Crippen LogP contribution in [-0.4, -0.2) is 11.3 Å². The van der Waals surface area contributed by atoms with Crippen LogP contribution < -0.4 is 0 Å². The summed E-state index contributed by atoms with van der Waals surface area (Å²) in [5.41, 5.74) is 0. The molecule has 0 fully saturated rings. The van der Waals surface area contributed by atoms with E-state index in [0.717, 1.165) is 0 Å². The standard InChI is InChI=1S/C2HF3NO2S/c3-2(4,5)1(7)9(6)8/h6H/q-1. The first-order chi connectivity index (χ1) is 3.85. The van der Waals surface area contributed by atoms with Crippen molar-refractivity contribution in [2.75, 3.05) is 0 Å². The first-order valence-corrected chi connectivity index (χ1v) is 2.75. The van der Waals surface area contributed by atoms with Crippen molar-refractivity contribution in [3.05, 3.63) is 0 Å². The van der Waals surface area contributed by atoms with E-state index in [1.54, 1.807) is 0 Å². The predicted molar refractivity (Wildman–Crippen MR) is 21.8 cm³/mol. The zero-order valence-corrected chi connectivity index (χ0v) is 4.68. The molecule has 0 aromatic rings. The average Bonchev–Trinajstić information content (AvgIpc) is 1.62. The Balaban J connectivity index is 4.42. The van der Waals surface area contributed by atoms with Gasteiger partial charge in [-0.15, -0.1) is 10.6 Å². The van der Waals surface area contributed by atoms with Gasteiger partial charge in [0.1, 0.15) is 0 Å². The Hall–Kier alpha value is -0.590. The van der Waals surface area contributed by atoms with Gasteiger partial charge in [-0.2, -0.15) is 13.2 Å². The van der Waals surface area contributed by atoms with Crippen LogP contribution in [0.25, 0.3) is 0 Å². The topological polar surface area (TPSA) is 58.0 Å². The van der Waals surface area contributed by atoms with Crippen LogP contribution in [0.5, 0.6) is 0 Å². The number of carbonyl (C=O) groups is 1. The minimum absolute atomic E-state index is 2.53. The Morgan fingerprint density at radius 2 is 1.78 bits per heavy atom. The molecule has 1 N–H and O–H groups in total. The molecule has 7 heteroatoms. The van der Waals surface area contributed by atoms with Crippen molar-refractivity contribution in [3.63, 3.8) is 0 Å². The first kappa shape index (κ1) is 8.41. The molecule has 0 spiro atoms. The van der Waals surface area contributed by atoms with E-state index < -0.39 is 21.9 Å². The van der Waals surface area contributed by atoms with E-state index in [1.165, 1.54) is 0 Å². The molecule has 0 radical (unpaired) electrons. The highest BCUT2D eigenvalue weighted by molar-refractivity contribution is 7.90. The van der Waals surface area contributed by atoms with Crippen molar-refractivity contribution < 1.29 is 22.2 Å². The van der Waals surface area contributed by atoms with Gasteiger partial charge >= 0.3 is 6.18 Å². The van der Waals surface area contributed by atoms with Gasteiger partial charge in [0.05, 0.1) is 0 Å². The third-order valence-corrected chi connectivity index (χ3v) is 0.968. The zero-order valence-electron chi connectivity index (χ0n) is 3.86. The zero-order chi connectivity index (χ0) is 7.65. The van der Waals surface area contributed by atoms with Crippen LogP contribution in [-0.2, 0) is 19.6 Å². The van der Waals surface area contributed by atoms with E-state index in [1.807, 2.05) is 0 Å². The molecule has 0 amide bonds. The van der Waals surface area contributed by atoms with Gasteiger partial charge in [0.25, 0.3) is 0 Å². The van der Waals surface area contributed by atoms with Crippen LogP contribution in [0, 0.1) is 4.78 Å². The van der Waals surface area contributed by atoms with E-state index in [9.17, 15) is 22.2 Å². The van der Waals surface area contributed by atoms with Crippen molar-refractivity contribution in [1.82, 2.24) is 0 Å². The van der Waals surface area contributed by atoms with E-state index >= 15 is 0 Å². The summed E-state index contributed by atoms with van der Waals surface area (Å²) >= 11 is 0. The summed E-state index contributed by atoms with van der Waals surface area (Å²) in [6, 6.07) is 0. The molecule has 0 aliphatic rings. The summed E-state index contributed by atoms with van der Waals surface area (Å²) in [5.74, 6) is 0. The number of halogens is 3. The molecule has 0 saturated carbocycles. The van der Waals surface area contributed by atoms with Crippen LogP contribution >= 0.6 is 0 Å². The Morgan fingerprint density at radius 3 is 1.78 bits per heavy atom. The van der Waals surface area contributed by atoms with Crippen LogP contribution in [0.15, 0.2) is 0 Å². The summed E-state index contributed by atoms with van der Waals surface area (Å²) in [4.78, 5) is 9.55. The molecule has 0 atom stereocenters. The summed E-state index contributed by atoms with van der Waals surface area (Å²) in [7, 11) is -3.19. The molecule has 0 bridgehead atoms. The SMILES string of the molecule is N=[S-](=O)C(=O)C(F)(F)F. The molecule has 3 nitrogen and oxygen atoms in total. The lowest BCUT2D eigenvalue weighted by Gasteiger charge is -2.03. The maximum Gasteiger partial charge on any atom is 0.432 e. The molecule has 0 rings (SSSR count). The van der Waals surface area contributed by atoms with Crippen LogP contribution in [0.3, 0.4) is 0 Å². The third-order valence-electron chi connectivity index (χ3n) is 0.400. The molecule has 0 aromatic heterocycles. The van der Waals surface area contributed by atoms with E-state index in [0.29, 0.717) is 0 Å². The second kappa shape index (κ2) is 2.34. The van der Waals surface area contributed by atoms with Crippen LogP contribution in [0.2, 0.25) is 0 Å². The molecule has 0 unspecified atom stereocenters. The lowest BCUT2D eigenvalue weighted by molar-refractivity contribution is -0.160. The van der Waals surface area contributed by atoms with Gasteiger partial charge in [0.2, 0.25) is 0 Å². The van der Waals surface area contributed by atoms with Crippen molar-refractivity contribution in [2.24, 2.45) is 0 Å². The number of nitrogens with one attached hydrogen (secondary N) is 1. The lowest BCUT2D eigenvalue weighted by atomic mass is 10.8. The summed E-state index contributed by atoms with van der Waals surface area (Å²) < 4.78 is 48.5. The first-order valence-electron chi connectivity index (χ1n) is 1.60. The number of hydrogen-bond acceptors (Lipinski definition) is 4. The maximum absolute atomic E-state index is 11.0. The van der Waals surface area contributed by atoms with Crippen molar-refractivity contribution in [3.8, 4) is 0 Å². The van der Waals surface area contributed by atoms with Gasteiger partial charge in [-0.25, -0.2) is 0 Å². The smallest absolute Gasteiger partial charge is 0.432 e. The fourth-order valence-corrected chi connectivity index (χ4v) is 0.315. The predicted octanol–water partition coefficient (Wildman–Crippen LogP) is 0.801. The second-order valence-electron chi connectivity index (χ2n) is 1.05. The quantitative estimate of drug-likeness (QED) is 0.533. The lowest BCUT2D eigenvalue weighted by Crippen LogP contribution is -2.22. The van der Waals surface area contributed by atoms with Crippen molar-refractivity contribution in [1.29, 1.82) is 4.78 Å². The fourth-order valence-electron chi connectivity index (χ4n) is 0.105. The molecular formula is C2HF3NO2S-. The van der Waals surface area contributed by atoms with Gasteiger partial charge in [-0.3, -0.25) is 0 Å². The second-order valence-corrected chi connectivity index (χ2v) is 1.96. The minimum atomic E-state index is -5.15. The van der Waals surface area contributed by atoms with Crippen molar-refractivity contribution in [2.45, 2.75) is 6.18 Å². The van der Waals surface area contributed by atoms with Gasteiger partial charge in [-0.05, 0) is 0 Å². The van der Waals surface area contributed by atoms with Crippen molar-refractivity contribution >= 4 is 15.7 Å². The summed E-state index contributed by atoms with van der Waals surface area (Å²) in [5, 5.41) is -2.53. The van der Waals surface area contributed by atoms with E-state index in [2.05, 4.69) is 0 Å². The molecule has 0 aromatic carbocycles. The average molecular weight is 160 g/mol. The number of carbonyl (C=O) groups excluding carboxylic acids is 1. The molecule has 0 saturated heterocycles. The normalized spacial score (nSPS) is 12.0. The van der Waals surface area contributed by atoms with E-state index in [-0.39, 0.29) is 0 Å². The summed E-state index contributed by atoms with van der Waals surface area (Å²) in [6.07, 6.45) is -5.15. The number of alkyl halides is 3. The fraction of sp³-hybridized carbons (Fsp3) is 0.500. The number of hydrogen-bond donors (Lipinski definition) is 1. The largest absolute Gasteiger partial charge is 0.437 e. The Kier molecular flexibility index (Phi) is 2.19. The Morgan fingerprint density at radius 1 is 1.44 bits per heavy atom. The third kappa shape index (κ3) is 2.45. The van der Waals surface area contributed by atoms with E-state index in [4.69, 9.17) is 4.78 Å². The monoisotopic (exact) mass is 160 g/mol. The number of rotatable bonds is 0. The maximum atomic E-state index is 11.0. The molecule has 9 heavy (non-hydrogen) atoms. The molecule has 54 valence electrons. The van der Waals surface area contributed by atoms with Gasteiger partial charge < -0.3 is 13.8 Å². The van der Waals surface area contributed by atoms with Gasteiger partial charge in [0, 0.05) is 0 Å². The Bertz CT molecular complexity index is 184. The highest BCUT2D eigenvalue weighted by Crippen LogP contribution is 2.15. The molecule has 0 aliphatic carbocycles. The highest BCUT2D eigenvalue weighted by Gasteiger charge is 2.32. The van der Waals surface area contributed by atoms with Gasteiger partial charge in [0.15, 0.2) is 5.12 Å². The van der Waals surface area contributed by atoms with Gasteiger partial charge in [-0.1, -0.05) is 0 Å². The Labute approximate surface area is 49.9 Å². The molecule has 0 heterocycles. The summed E-state index contributed by atoms with van der Waals surface area (Å²) in [6.45, 7) is 0. The highest BCUT2D eigenvalue weighted by atomic mass is 32.2. The van der Waals surface area contributed by atoms with Crippen LogP contribution in [0.1, 0.15) is 0 Å².